The van der Waals surface area contributed by atoms with Gasteiger partial charge >= 0.3 is 0 Å². The van der Waals surface area contributed by atoms with E-state index in [2.05, 4.69) is 54.4 Å². The molecule has 2 aromatic rings. The van der Waals surface area contributed by atoms with Crippen LogP contribution in [0, 0.1) is 26.7 Å². The van der Waals surface area contributed by atoms with Crippen molar-refractivity contribution in [2.45, 2.75) is 66.5 Å². The molecule has 1 aliphatic heterocycles. The Kier molecular flexibility index (Phi) is 7.06. The van der Waals surface area contributed by atoms with E-state index >= 15 is 0 Å². The van der Waals surface area contributed by atoms with Crippen molar-refractivity contribution in [1.82, 2.24) is 5.32 Å². The molecule has 4 heteroatoms. The zero-order valence-corrected chi connectivity index (χ0v) is 19.3. The smallest absolute Gasteiger partial charge is 0.261 e. The first-order valence-corrected chi connectivity index (χ1v) is 11.1. The summed E-state index contributed by atoms with van der Waals surface area (Å²) < 4.78 is 5.99. The average Bonchev–Trinajstić information content (AvgIpc) is 2.72. The Morgan fingerprint density at radius 1 is 1.07 bits per heavy atom. The Balaban J connectivity index is 1.58. The van der Waals surface area contributed by atoms with Crippen LogP contribution in [0.5, 0.6) is 5.75 Å². The zero-order chi connectivity index (χ0) is 21.8. The van der Waals surface area contributed by atoms with Gasteiger partial charge in [0.1, 0.15) is 5.75 Å². The first-order chi connectivity index (χ1) is 14.2. The standard InChI is InChI=1S/C26H36N2O2/c1-17-11-13-28(14-12-17)24-9-7-23(8-10-24)21(5)27-26(29)22(6)30-25-16-18(2)15-19(3)20(25)4/h7-10,15-17,21-22H,11-14H2,1-6H3,(H,27,29)/t21-,22-/m1/s1. The molecule has 1 N–H and O–H groups in total. The molecule has 1 heterocycles. The lowest BCUT2D eigenvalue weighted by molar-refractivity contribution is -0.127. The maximum Gasteiger partial charge on any atom is 0.261 e. The summed E-state index contributed by atoms with van der Waals surface area (Å²) in [6.45, 7) is 14.5. The van der Waals surface area contributed by atoms with Gasteiger partial charge in [0.05, 0.1) is 6.04 Å². The molecule has 1 saturated heterocycles. The van der Waals surface area contributed by atoms with Crippen molar-refractivity contribution in [2.24, 2.45) is 5.92 Å². The number of ether oxygens (including phenoxy) is 1. The largest absolute Gasteiger partial charge is 0.481 e. The Labute approximate surface area is 181 Å². The van der Waals surface area contributed by atoms with Gasteiger partial charge in [0.15, 0.2) is 6.10 Å². The van der Waals surface area contributed by atoms with Crippen molar-refractivity contribution < 1.29 is 9.53 Å². The van der Waals surface area contributed by atoms with Crippen LogP contribution in [0.15, 0.2) is 36.4 Å². The molecule has 0 bridgehead atoms. The second kappa shape index (κ2) is 9.55. The van der Waals surface area contributed by atoms with Gasteiger partial charge in [-0.1, -0.05) is 25.1 Å². The molecule has 30 heavy (non-hydrogen) atoms. The van der Waals surface area contributed by atoms with Crippen LogP contribution in [0.1, 0.15) is 61.9 Å². The fourth-order valence-electron chi connectivity index (χ4n) is 4.02. The average molecular weight is 409 g/mol. The predicted octanol–water partition coefficient (Wildman–Crippen LogP) is 5.49. The molecule has 2 aromatic carbocycles. The number of piperidine rings is 1. The predicted molar refractivity (Wildman–Crippen MR) is 124 cm³/mol. The number of aryl methyl sites for hydroxylation is 2. The fraction of sp³-hybridized carbons (Fsp3) is 0.500. The van der Waals surface area contributed by atoms with Crippen molar-refractivity contribution in [1.29, 1.82) is 0 Å². The van der Waals surface area contributed by atoms with Gasteiger partial charge in [-0.25, -0.2) is 0 Å². The van der Waals surface area contributed by atoms with Gasteiger partial charge in [-0.15, -0.1) is 0 Å². The second-order valence-electron chi connectivity index (χ2n) is 8.96. The second-order valence-corrected chi connectivity index (χ2v) is 8.96. The van der Waals surface area contributed by atoms with Gasteiger partial charge in [-0.3, -0.25) is 4.79 Å². The van der Waals surface area contributed by atoms with E-state index in [0.29, 0.717) is 0 Å². The van der Waals surface area contributed by atoms with Gasteiger partial charge in [0.25, 0.3) is 5.91 Å². The Morgan fingerprint density at radius 3 is 2.33 bits per heavy atom. The van der Waals surface area contributed by atoms with Crippen molar-refractivity contribution >= 4 is 11.6 Å². The van der Waals surface area contributed by atoms with E-state index in [0.717, 1.165) is 41.4 Å². The summed E-state index contributed by atoms with van der Waals surface area (Å²) in [5.74, 6) is 1.51. The summed E-state index contributed by atoms with van der Waals surface area (Å²) in [7, 11) is 0. The minimum atomic E-state index is -0.554. The van der Waals surface area contributed by atoms with E-state index in [-0.39, 0.29) is 11.9 Å². The topological polar surface area (TPSA) is 41.6 Å². The Hall–Kier alpha value is -2.49. The number of nitrogens with one attached hydrogen (secondary N) is 1. The maximum atomic E-state index is 12.7. The van der Waals surface area contributed by atoms with Crippen molar-refractivity contribution in [3.8, 4) is 5.75 Å². The number of carbonyl (C=O) groups is 1. The summed E-state index contributed by atoms with van der Waals surface area (Å²) in [4.78, 5) is 15.2. The van der Waals surface area contributed by atoms with Gasteiger partial charge in [0, 0.05) is 18.8 Å². The van der Waals surface area contributed by atoms with E-state index in [9.17, 15) is 4.79 Å². The number of hydrogen-bond donors (Lipinski definition) is 1. The van der Waals surface area contributed by atoms with Crippen LogP contribution in [-0.4, -0.2) is 25.1 Å². The fourth-order valence-corrected chi connectivity index (χ4v) is 4.02. The van der Waals surface area contributed by atoms with Crippen LogP contribution in [0.2, 0.25) is 0 Å². The molecule has 0 unspecified atom stereocenters. The first-order valence-electron chi connectivity index (χ1n) is 11.1. The molecular weight excluding hydrogens is 372 g/mol. The molecule has 0 aliphatic carbocycles. The summed E-state index contributed by atoms with van der Waals surface area (Å²) in [6.07, 6.45) is 1.96. The summed E-state index contributed by atoms with van der Waals surface area (Å²) in [5, 5.41) is 3.09. The number of nitrogens with zero attached hydrogens (tertiary/aromatic N) is 1. The molecule has 1 amide bonds. The summed E-state index contributed by atoms with van der Waals surface area (Å²) in [6, 6.07) is 12.6. The molecular formula is C26H36N2O2. The molecule has 0 saturated carbocycles. The third kappa shape index (κ3) is 5.35. The van der Waals surface area contributed by atoms with E-state index in [1.807, 2.05) is 26.8 Å². The lowest BCUT2D eigenvalue weighted by Gasteiger charge is -2.32. The summed E-state index contributed by atoms with van der Waals surface area (Å²) >= 11 is 0. The number of amides is 1. The Morgan fingerprint density at radius 2 is 1.70 bits per heavy atom. The molecule has 2 atom stereocenters. The maximum absolute atomic E-state index is 12.7. The zero-order valence-electron chi connectivity index (χ0n) is 19.3. The Bertz CT molecular complexity index is 867. The highest BCUT2D eigenvalue weighted by Crippen LogP contribution is 2.26. The van der Waals surface area contributed by atoms with Gasteiger partial charge in [0.2, 0.25) is 0 Å². The van der Waals surface area contributed by atoms with Crippen LogP contribution >= 0.6 is 0 Å². The molecule has 0 radical (unpaired) electrons. The third-order valence-electron chi connectivity index (χ3n) is 6.34. The molecule has 0 spiro atoms. The number of anilines is 1. The van der Waals surface area contributed by atoms with Crippen molar-refractivity contribution in [3.63, 3.8) is 0 Å². The van der Waals surface area contributed by atoms with Gasteiger partial charge in [-0.2, -0.15) is 0 Å². The molecule has 0 aromatic heterocycles. The van der Waals surface area contributed by atoms with E-state index < -0.39 is 6.10 Å². The number of carbonyl (C=O) groups excluding carboxylic acids is 1. The monoisotopic (exact) mass is 408 g/mol. The highest BCUT2D eigenvalue weighted by molar-refractivity contribution is 5.81. The highest BCUT2D eigenvalue weighted by Gasteiger charge is 2.20. The SMILES string of the molecule is Cc1cc(C)c(C)c(O[C@H](C)C(=O)N[C@H](C)c2ccc(N3CCC(C)CC3)cc2)c1. The van der Waals surface area contributed by atoms with Crippen LogP contribution in [0.25, 0.3) is 0 Å². The van der Waals surface area contributed by atoms with Crippen LogP contribution < -0.4 is 15.0 Å². The lowest BCUT2D eigenvalue weighted by atomic mass is 9.98. The quantitative estimate of drug-likeness (QED) is 0.687. The van der Waals surface area contributed by atoms with Gasteiger partial charge in [-0.05, 0) is 93.8 Å². The molecule has 4 nitrogen and oxygen atoms in total. The molecule has 162 valence electrons. The molecule has 3 rings (SSSR count). The van der Waals surface area contributed by atoms with E-state index in [1.165, 1.54) is 24.1 Å². The number of hydrogen-bond acceptors (Lipinski definition) is 3. The van der Waals surface area contributed by atoms with E-state index in [4.69, 9.17) is 4.74 Å². The minimum absolute atomic E-state index is 0.0701. The van der Waals surface area contributed by atoms with E-state index in [1.54, 1.807) is 6.92 Å². The highest BCUT2D eigenvalue weighted by atomic mass is 16.5. The van der Waals surface area contributed by atoms with Gasteiger partial charge < -0.3 is 15.0 Å². The van der Waals surface area contributed by atoms with Crippen molar-refractivity contribution in [3.05, 3.63) is 58.7 Å². The number of benzene rings is 2. The number of rotatable bonds is 6. The van der Waals surface area contributed by atoms with Crippen LogP contribution in [0.3, 0.4) is 0 Å². The first kappa shape index (κ1) is 22.2. The van der Waals surface area contributed by atoms with Crippen LogP contribution in [-0.2, 0) is 4.79 Å². The minimum Gasteiger partial charge on any atom is -0.481 e. The normalized spacial score (nSPS) is 16.8. The molecule has 1 aliphatic rings. The lowest BCUT2D eigenvalue weighted by Crippen LogP contribution is -2.38. The summed E-state index contributed by atoms with van der Waals surface area (Å²) in [5.41, 5.74) is 5.76. The van der Waals surface area contributed by atoms with Crippen LogP contribution in [0.4, 0.5) is 5.69 Å². The van der Waals surface area contributed by atoms with Crippen molar-refractivity contribution in [2.75, 3.05) is 18.0 Å². The third-order valence-corrected chi connectivity index (χ3v) is 6.34. The molecule has 1 fully saturated rings.